The Bertz CT molecular complexity index is 727. The first-order chi connectivity index (χ1) is 11.0. The van der Waals surface area contributed by atoms with Crippen LogP contribution in [0.5, 0.6) is 11.5 Å². The van der Waals surface area contributed by atoms with Gasteiger partial charge in [0.05, 0.1) is 7.11 Å². The van der Waals surface area contributed by atoms with Gasteiger partial charge in [-0.3, -0.25) is 4.79 Å². The Balaban J connectivity index is 2.21. The Kier molecular flexibility index (Phi) is 5.19. The first-order valence-corrected chi connectivity index (χ1v) is 6.91. The third-order valence-corrected chi connectivity index (χ3v) is 3.17. The van der Waals surface area contributed by atoms with E-state index in [2.05, 4.69) is 5.32 Å². The third-order valence-electron chi connectivity index (χ3n) is 3.17. The lowest BCUT2D eigenvalue weighted by atomic mass is 10.1. The molecule has 6 nitrogen and oxygen atoms in total. The van der Waals surface area contributed by atoms with Crippen molar-refractivity contribution >= 4 is 17.6 Å². The number of anilines is 1. The number of carbonyl (C=O) groups is 2. The molecule has 0 fully saturated rings. The molecule has 2 rings (SSSR count). The minimum atomic E-state index is -1.11. The summed E-state index contributed by atoms with van der Waals surface area (Å²) in [5.74, 6) is -0.866. The average molecular weight is 315 g/mol. The van der Waals surface area contributed by atoms with Crippen LogP contribution in [0.2, 0.25) is 0 Å². The van der Waals surface area contributed by atoms with Crippen molar-refractivity contribution in [2.45, 2.75) is 6.92 Å². The molecule has 6 heteroatoms. The summed E-state index contributed by atoms with van der Waals surface area (Å²) in [6, 6.07) is 12.0. The van der Waals surface area contributed by atoms with Crippen molar-refractivity contribution in [2.75, 3.05) is 19.0 Å². The number of methoxy groups -OCH3 is 1. The van der Waals surface area contributed by atoms with Crippen LogP contribution in [-0.4, -0.2) is 30.7 Å². The number of hydrogen-bond donors (Lipinski definition) is 2. The molecule has 0 heterocycles. The summed E-state index contributed by atoms with van der Waals surface area (Å²) in [7, 11) is 1.44. The van der Waals surface area contributed by atoms with E-state index in [9.17, 15) is 9.59 Å². The van der Waals surface area contributed by atoms with Crippen LogP contribution in [0, 0.1) is 6.92 Å². The van der Waals surface area contributed by atoms with E-state index in [4.69, 9.17) is 14.6 Å². The second kappa shape index (κ2) is 7.31. The molecular formula is C17H17NO5. The number of carboxylic acids is 1. The van der Waals surface area contributed by atoms with Crippen LogP contribution < -0.4 is 14.8 Å². The van der Waals surface area contributed by atoms with E-state index in [0.717, 1.165) is 5.56 Å². The minimum absolute atomic E-state index is 0.201. The fourth-order valence-corrected chi connectivity index (χ4v) is 1.98. The van der Waals surface area contributed by atoms with E-state index in [1.54, 1.807) is 18.2 Å². The van der Waals surface area contributed by atoms with Crippen molar-refractivity contribution < 1.29 is 24.2 Å². The standard InChI is InChI=1S/C17H17NO5/c1-11-5-3-4-6-13(11)18-17(21)12-7-8-14(22-2)15(9-12)23-10-16(19)20/h3-9H,10H2,1-2H3,(H,18,21)(H,19,20). The summed E-state index contributed by atoms with van der Waals surface area (Å²) in [5.41, 5.74) is 1.99. The van der Waals surface area contributed by atoms with Gasteiger partial charge in [-0.1, -0.05) is 18.2 Å². The number of nitrogens with one attached hydrogen (secondary N) is 1. The number of para-hydroxylation sites is 1. The summed E-state index contributed by atoms with van der Waals surface area (Å²) >= 11 is 0. The number of aliphatic carboxylic acids is 1. The van der Waals surface area contributed by atoms with Gasteiger partial charge < -0.3 is 19.9 Å². The Morgan fingerprint density at radius 2 is 1.87 bits per heavy atom. The molecule has 0 spiro atoms. The van der Waals surface area contributed by atoms with Crippen LogP contribution in [0.15, 0.2) is 42.5 Å². The molecule has 0 saturated heterocycles. The van der Waals surface area contributed by atoms with Gasteiger partial charge >= 0.3 is 5.97 Å². The van der Waals surface area contributed by atoms with E-state index in [1.165, 1.54) is 13.2 Å². The molecule has 0 unspecified atom stereocenters. The number of ether oxygens (including phenoxy) is 2. The molecule has 1 amide bonds. The summed E-state index contributed by atoms with van der Waals surface area (Å²) in [6.45, 7) is 1.38. The van der Waals surface area contributed by atoms with Gasteiger partial charge in [0.2, 0.25) is 0 Å². The molecule has 0 aliphatic carbocycles. The predicted molar refractivity (Wildman–Crippen MR) is 85.3 cm³/mol. The van der Waals surface area contributed by atoms with Crippen LogP contribution in [0.1, 0.15) is 15.9 Å². The van der Waals surface area contributed by atoms with Crippen molar-refractivity contribution in [3.05, 3.63) is 53.6 Å². The summed E-state index contributed by atoms with van der Waals surface area (Å²) in [4.78, 5) is 23.0. The van der Waals surface area contributed by atoms with Gasteiger partial charge in [0.1, 0.15) is 0 Å². The first kappa shape index (κ1) is 16.4. The topological polar surface area (TPSA) is 84.9 Å². The minimum Gasteiger partial charge on any atom is -0.493 e. The van der Waals surface area contributed by atoms with E-state index in [1.807, 2.05) is 25.1 Å². The van der Waals surface area contributed by atoms with Gasteiger partial charge in [0.25, 0.3) is 5.91 Å². The van der Waals surface area contributed by atoms with Gasteiger partial charge in [0.15, 0.2) is 18.1 Å². The second-order valence-corrected chi connectivity index (χ2v) is 4.82. The zero-order valence-electron chi connectivity index (χ0n) is 12.8. The monoisotopic (exact) mass is 315 g/mol. The molecule has 0 saturated carbocycles. The highest BCUT2D eigenvalue weighted by molar-refractivity contribution is 6.05. The Morgan fingerprint density at radius 1 is 1.13 bits per heavy atom. The van der Waals surface area contributed by atoms with Crippen LogP contribution in [0.3, 0.4) is 0 Å². The van der Waals surface area contributed by atoms with Crippen molar-refractivity contribution in [1.82, 2.24) is 0 Å². The fraction of sp³-hybridized carbons (Fsp3) is 0.176. The summed E-state index contributed by atoms with van der Waals surface area (Å²) in [6.07, 6.45) is 0. The average Bonchev–Trinajstić information content (AvgIpc) is 2.54. The van der Waals surface area contributed by atoms with Crippen LogP contribution in [0.25, 0.3) is 0 Å². The zero-order chi connectivity index (χ0) is 16.8. The summed E-state index contributed by atoms with van der Waals surface area (Å²) in [5, 5.41) is 11.5. The maximum Gasteiger partial charge on any atom is 0.341 e. The maximum absolute atomic E-state index is 12.3. The van der Waals surface area contributed by atoms with Crippen molar-refractivity contribution in [3.8, 4) is 11.5 Å². The van der Waals surface area contributed by atoms with E-state index < -0.39 is 12.6 Å². The quantitative estimate of drug-likeness (QED) is 0.856. The Morgan fingerprint density at radius 3 is 2.52 bits per heavy atom. The zero-order valence-corrected chi connectivity index (χ0v) is 12.8. The van der Waals surface area contributed by atoms with Gasteiger partial charge in [-0.15, -0.1) is 0 Å². The lowest BCUT2D eigenvalue weighted by Crippen LogP contribution is -2.14. The Labute approximate surface area is 133 Å². The number of rotatable bonds is 6. The van der Waals surface area contributed by atoms with Gasteiger partial charge in [-0.05, 0) is 36.8 Å². The molecule has 2 N–H and O–H groups in total. The molecule has 0 radical (unpaired) electrons. The SMILES string of the molecule is COc1ccc(C(=O)Nc2ccccc2C)cc1OCC(=O)O. The van der Waals surface area contributed by atoms with Gasteiger partial charge in [-0.25, -0.2) is 4.79 Å². The summed E-state index contributed by atoms with van der Waals surface area (Å²) < 4.78 is 10.2. The van der Waals surface area contributed by atoms with Crippen molar-refractivity contribution in [2.24, 2.45) is 0 Å². The highest BCUT2D eigenvalue weighted by Crippen LogP contribution is 2.28. The third kappa shape index (κ3) is 4.23. The maximum atomic E-state index is 12.3. The van der Waals surface area contributed by atoms with E-state index in [0.29, 0.717) is 17.0 Å². The van der Waals surface area contributed by atoms with Gasteiger partial charge in [-0.2, -0.15) is 0 Å². The molecule has 0 aromatic heterocycles. The van der Waals surface area contributed by atoms with Crippen LogP contribution in [-0.2, 0) is 4.79 Å². The number of carboxylic acid groups (broad SMARTS) is 1. The molecular weight excluding hydrogens is 298 g/mol. The fourth-order valence-electron chi connectivity index (χ4n) is 1.98. The second-order valence-electron chi connectivity index (χ2n) is 4.82. The van der Waals surface area contributed by atoms with Crippen LogP contribution in [0.4, 0.5) is 5.69 Å². The number of benzene rings is 2. The van der Waals surface area contributed by atoms with E-state index in [-0.39, 0.29) is 11.7 Å². The molecule has 0 bridgehead atoms. The van der Waals surface area contributed by atoms with Crippen LogP contribution >= 0.6 is 0 Å². The normalized spacial score (nSPS) is 10.0. The van der Waals surface area contributed by atoms with Crippen molar-refractivity contribution in [3.63, 3.8) is 0 Å². The molecule has 120 valence electrons. The molecule has 2 aromatic carbocycles. The lowest BCUT2D eigenvalue weighted by Gasteiger charge is -2.12. The highest BCUT2D eigenvalue weighted by atomic mass is 16.5. The number of aryl methyl sites for hydroxylation is 1. The smallest absolute Gasteiger partial charge is 0.341 e. The molecule has 0 aliphatic rings. The highest BCUT2D eigenvalue weighted by Gasteiger charge is 2.13. The largest absolute Gasteiger partial charge is 0.493 e. The number of carbonyl (C=O) groups excluding carboxylic acids is 1. The lowest BCUT2D eigenvalue weighted by molar-refractivity contribution is -0.139. The molecule has 0 aliphatic heterocycles. The van der Waals surface area contributed by atoms with E-state index >= 15 is 0 Å². The van der Waals surface area contributed by atoms with Crippen molar-refractivity contribution in [1.29, 1.82) is 0 Å². The number of hydrogen-bond acceptors (Lipinski definition) is 4. The van der Waals surface area contributed by atoms with Gasteiger partial charge in [0, 0.05) is 11.3 Å². The molecule has 2 aromatic rings. The Hall–Kier alpha value is -3.02. The predicted octanol–water partition coefficient (Wildman–Crippen LogP) is 2.72. The molecule has 0 atom stereocenters. The molecule has 23 heavy (non-hydrogen) atoms. The first-order valence-electron chi connectivity index (χ1n) is 6.91. The number of amides is 1.